The van der Waals surface area contributed by atoms with Crippen LogP contribution in [0, 0.1) is 10.1 Å². The number of carbonyl (C=O) groups excluding carboxylic acids is 3. The van der Waals surface area contributed by atoms with Crippen LogP contribution < -0.4 is 0 Å². The first kappa shape index (κ1) is 20.8. The Bertz CT molecular complexity index is 915. The summed E-state index contributed by atoms with van der Waals surface area (Å²) < 4.78 is 22.9. The van der Waals surface area contributed by atoms with Crippen molar-refractivity contribution in [3.05, 3.63) is 69.8 Å². The van der Waals surface area contributed by atoms with Crippen molar-refractivity contribution >= 4 is 33.9 Å². The topological polar surface area (TPSA) is 128 Å². The molecule has 0 aliphatic carbocycles. The molecule has 0 aliphatic heterocycles. The fourth-order valence-corrected chi connectivity index (χ4v) is 2.51. The van der Waals surface area contributed by atoms with Gasteiger partial charge in [0.15, 0.2) is 15.6 Å². The van der Waals surface area contributed by atoms with Gasteiger partial charge in [-0.3, -0.25) is 14.9 Å². The Morgan fingerprint density at radius 2 is 1.65 bits per heavy atom. The minimum atomic E-state index is -3.58. The summed E-state index contributed by atoms with van der Waals surface area (Å²) in [7, 11) is -3.58. The van der Waals surface area contributed by atoms with Crippen molar-refractivity contribution in [2.75, 3.05) is 6.26 Å². The molecule has 0 fully saturated rings. The van der Waals surface area contributed by atoms with Crippen LogP contribution in [0.3, 0.4) is 0 Å². The Morgan fingerprint density at radius 1 is 1.08 bits per heavy atom. The summed E-state index contributed by atoms with van der Waals surface area (Å²) >= 11 is 0. The molecule has 2 aromatic rings. The predicted molar refractivity (Wildman–Crippen MR) is 92.8 cm³/mol. The Hall–Kier alpha value is -3.20. The van der Waals surface area contributed by atoms with E-state index >= 15 is 0 Å². The second kappa shape index (κ2) is 9.33. The third-order valence-electron chi connectivity index (χ3n) is 3.07. The summed E-state index contributed by atoms with van der Waals surface area (Å²) in [6.07, 6.45) is 2.10. The van der Waals surface area contributed by atoms with Gasteiger partial charge in [-0.2, -0.15) is 0 Å². The van der Waals surface area contributed by atoms with Crippen molar-refractivity contribution in [2.24, 2.45) is 0 Å². The van der Waals surface area contributed by atoms with Gasteiger partial charge in [-0.1, -0.05) is 30.3 Å². The quantitative estimate of drug-likeness (QED) is 0.247. The maximum atomic E-state index is 12.3. The summed E-state index contributed by atoms with van der Waals surface area (Å²) in [6, 6.07) is 11.4. The first-order valence-corrected chi connectivity index (χ1v) is 9.07. The molecule has 9 heteroatoms. The van der Waals surface area contributed by atoms with Crippen molar-refractivity contribution in [1.82, 2.24) is 0 Å². The van der Waals surface area contributed by atoms with Gasteiger partial charge in [0, 0.05) is 17.9 Å². The second-order valence-electron chi connectivity index (χ2n) is 4.97. The van der Waals surface area contributed by atoms with Crippen LogP contribution in [0.15, 0.2) is 53.4 Å². The SMILES string of the molecule is CS(=O)(=O)c1ccc(C(=O)c2ccccc2)c([N+](=O)[O-])c1.O=CCC=O. The lowest BCUT2D eigenvalue weighted by Crippen LogP contribution is -2.07. The molecule has 0 saturated heterocycles. The van der Waals surface area contributed by atoms with Gasteiger partial charge in [0.1, 0.15) is 18.1 Å². The lowest BCUT2D eigenvalue weighted by atomic mass is 10.0. The number of nitro groups is 1. The van der Waals surface area contributed by atoms with Gasteiger partial charge in [0.25, 0.3) is 5.69 Å². The van der Waals surface area contributed by atoms with Crippen molar-refractivity contribution < 1.29 is 27.7 Å². The molecular weight excluding hydrogens is 362 g/mol. The van der Waals surface area contributed by atoms with E-state index in [0.29, 0.717) is 18.1 Å². The van der Waals surface area contributed by atoms with E-state index in [-0.39, 0.29) is 16.9 Å². The zero-order valence-corrected chi connectivity index (χ0v) is 14.5. The van der Waals surface area contributed by atoms with E-state index in [1.165, 1.54) is 24.3 Å². The number of hydrogen-bond acceptors (Lipinski definition) is 7. The molecule has 2 aromatic carbocycles. The Kier molecular flexibility index (Phi) is 7.48. The molecule has 8 nitrogen and oxygen atoms in total. The highest BCUT2D eigenvalue weighted by atomic mass is 32.2. The lowest BCUT2D eigenvalue weighted by Gasteiger charge is -2.04. The minimum absolute atomic E-state index is 0.0278. The second-order valence-corrected chi connectivity index (χ2v) is 6.99. The van der Waals surface area contributed by atoms with Crippen LogP contribution in [0.4, 0.5) is 5.69 Å². The third kappa shape index (κ3) is 5.71. The lowest BCUT2D eigenvalue weighted by molar-refractivity contribution is -0.385. The van der Waals surface area contributed by atoms with Crippen molar-refractivity contribution in [3.63, 3.8) is 0 Å². The fourth-order valence-electron chi connectivity index (χ4n) is 1.87. The number of aldehydes is 2. The van der Waals surface area contributed by atoms with Gasteiger partial charge in [0.05, 0.1) is 16.2 Å². The largest absolute Gasteiger partial charge is 0.303 e. The molecule has 0 heterocycles. The number of benzene rings is 2. The molecule has 0 saturated carbocycles. The molecule has 26 heavy (non-hydrogen) atoms. The molecule has 0 aromatic heterocycles. The smallest absolute Gasteiger partial charge is 0.281 e. The molecule has 0 N–H and O–H groups in total. The van der Waals surface area contributed by atoms with E-state index in [9.17, 15) is 32.9 Å². The maximum absolute atomic E-state index is 12.3. The molecular formula is C17H15NO7S. The Morgan fingerprint density at radius 3 is 2.08 bits per heavy atom. The fraction of sp³-hybridized carbons (Fsp3) is 0.118. The average Bonchev–Trinajstić information content (AvgIpc) is 2.61. The number of nitrogens with zero attached hydrogens (tertiary/aromatic N) is 1. The van der Waals surface area contributed by atoms with Crippen LogP contribution in [0.2, 0.25) is 0 Å². The number of hydrogen-bond donors (Lipinski definition) is 0. The third-order valence-corrected chi connectivity index (χ3v) is 4.18. The number of rotatable bonds is 6. The average molecular weight is 377 g/mol. The first-order valence-electron chi connectivity index (χ1n) is 7.18. The van der Waals surface area contributed by atoms with E-state index in [2.05, 4.69) is 0 Å². The molecule has 136 valence electrons. The zero-order chi connectivity index (χ0) is 19.7. The van der Waals surface area contributed by atoms with Crippen LogP contribution in [0.25, 0.3) is 0 Å². The number of ketones is 1. The van der Waals surface area contributed by atoms with Crippen LogP contribution >= 0.6 is 0 Å². The molecule has 0 spiro atoms. The maximum Gasteiger partial charge on any atom is 0.281 e. The number of sulfone groups is 1. The highest BCUT2D eigenvalue weighted by Gasteiger charge is 2.23. The van der Waals surface area contributed by atoms with Crippen LogP contribution in [0.5, 0.6) is 0 Å². The van der Waals surface area contributed by atoms with Gasteiger partial charge in [-0.15, -0.1) is 0 Å². The van der Waals surface area contributed by atoms with Crippen LogP contribution in [-0.4, -0.2) is 38.0 Å². The number of carbonyl (C=O) groups is 3. The van der Waals surface area contributed by atoms with E-state index < -0.39 is 26.2 Å². The minimum Gasteiger partial charge on any atom is -0.303 e. The first-order chi connectivity index (χ1) is 12.2. The zero-order valence-electron chi connectivity index (χ0n) is 13.7. The van der Waals surface area contributed by atoms with E-state index in [4.69, 9.17) is 0 Å². The molecule has 0 bridgehead atoms. The molecule has 0 unspecified atom stereocenters. The highest BCUT2D eigenvalue weighted by Crippen LogP contribution is 2.25. The molecule has 2 rings (SSSR count). The van der Waals surface area contributed by atoms with E-state index in [1.54, 1.807) is 18.2 Å². The van der Waals surface area contributed by atoms with Crippen molar-refractivity contribution in [2.45, 2.75) is 11.3 Å². The summed E-state index contributed by atoms with van der Waals surface area (Å²) in [6.45, 7) is 0. The van der Waals surface area contributed by atoms with Crippen LogP contribution in [-0.2, 0) is 19.4 Å². The van der Waals surface area contributed by atoms with Gasteiger partial charge in [-0.05, 0) is 12.1 Å². The van der Waals surface area contributed by atoms with Gasteiger partial charge in [-0.25, -0.2) is 8.42 Å². The van der Waals surface area contributed by atoms with Gasteiger partial charge >= 0.3 is 0 Å². The highest BCUT2D eigenvalue weighted by molar-refractivity contribution is 7.90. The summed E-state index contributed by atoms with van der Waals surface area (Å²) in [5.41, 5.74) is -0.363. The molecule has 0 atom stereocenters. The summed E-state index contributed by atoms with van der Waals surface area (Å²) in [4.78, 5) is 40.8. The van der Waals surface area contributed by atoms with Crippen molar-refractivity contribution in [3.8, 4) is 0 Å². The van der Waals surface area contributed by atoms with Gasteiger partial charge in [0.2, 0.25) is 0 Å². The van der Waals surface area contributed by atoms with E-state index in [0.717, 1.165) is 12.3 Å². The van der Waals surface area contributed by atoms with Crippen LogP contribution in [0.1, 0.15) is 22.3 Å². The summed E-state index contributed by atoms with van der Waals surface area (Å²) in [5, 5.41) is 11.1. The standard InChI is InChI=1S/C14H11NO5S.C3H4O2/c1-21(19,20)11-7-8-12(13(9-11)15(17)18)14(16)10-5-3-2-4-6-10;4-2-1-3-5/h2-9H,1H3;2-3H,1H2. The summed E-state index contributed by atoms with van der Waals surface area (Å²) in [5.74, 6) is -0.526. The predicted octanol–water partition coefficient (Wildman–Crippen LogP) is 2.00. The molecule has 0 radical (unpaired) electrons. The molecule has 0 aliphatic rings. The number of nitro benzene ring substituents is 1. The Labute approximate surface area is 149 Å². The monoisotopic (exact) mass is 377 g/mol. The Balaban J connectivity index is 0.000000597. The van der Waals surface area contributed by atoms with Gasteiger partial charge < -0.3 is 9.59 Å². The normalized spacial score (nSPS) is 10.2. The van der Waals surface area contributed by atoms with E-state index in [1.807, 2.05) is 0 Å². The van der Waals surface area contributed by atoms with Crippen molar-refractivity contribution in [1.29, 1.82) is 0 Å². The molecule has 0 amide bonds.